The van der Waals surface area contributed by atoms with Crippen molar-refractivity contribution < 1.29 is 9.53 Å². The van der Waals surface area contributed by atoms with Crippen LogP contribution in [0.1, 0.15) is 47.5 Å². The summed E-state index contributed by atoms with van der Waals surface area (Å²) in [5.41, 5.74) is 0.312. The van der Waals surface area contributed by atoms with Crippen molar-refractivity contribution in [3.63, 3.8) is 0 Å². The Morgan fingerprint density at radius 1 is 1.35 bits per heavy atom. The molecule has 1 amide bonds. The van der Waals surface area contributed by atoms with Crippen LogP contribution in [0.3, 0.4) is 0 Å². The zero-order valence-electron chi connectivity index (χ0n) is 13.3. The molecule has 0 aromatic heterocycles. The van der Waals surface area contributed by atoms with Crippen LogP contribution in [0.5, 0.6) is 0 Å². The number of halogens is 1. The third kappa shape index (κ3) is 4.47. The lowest BCUT2D eigenvalue weighted by Crippen LogP contribution is -2.57. The molecule has 1 N–H and O–H groups in total. The highest BCUT2D eigenvalue weighted by Gasteiger charge is 2.45. The van der Waals surface area contributed by atoms with Crippen molar-refractivity contribution in [1.29, 1.82) is 0 Å². The predicted octanol–water partition coefficient (Wildman–Crippen LogP) is 2.87. The van der Waals surface area contributed by atoms with E-state index in [9.17, 15) is 4.79 Å². The number of hydrogen-bond acceptors (Lipinski definition) is 3. The van der Waals surface area contributed by atoms with E-state index in [1.165, 1.54) is 0 Å². The molecule has 0 aromatic rings. The second kappa shape index (κ2) is 6.46. The van der Waals surface area contributed by atoms with Crippen LogP contribution in [0.4, 0.5) is 0 Å². The number of ether oxygens (including phenoxy) is 1. The number of nitrogens with zero attached hydrogens (tertiary/aromatic N) is 1. The number of rotatable bonds is 5. The summed E-state index contributed by atoms with van der Waals surface area (Å²) in [4.78, 5) is 11.4. The van der Waals surface area contributed by atoms with Crippen molar-refractivity contribution in [1.82, 2.24) is 9.74 Å². The molecule has 0 unspecified atom stereocenters. The first kappa shape index (κ1) is 17.5. The number of piperidine rings is 1. The summed E-state index contributed by atoms with van der Waals surface area (Å²) in [7, 11) is 0. The number of nitrogens with one attached hydrogen (secondary N) is 1. The summed E-state index contributed by atoms with van der Waals surface area (Å²) < 4.78 is 7.81. The van der Waals surface area contributed by atoms with Crippen molar-refractivity contribution in [3.05, 3.63) is 12.2 Å². The third-order valence-corrected chi connectivity index (χ3v) is 4.56. The van der Waals surface area contributed by atoms with E-state index < -0.39 is 0 Å². The van der Waals surface area contributed by atoms with E-state index in [1.54, 1.807) is 6.92 Å². The summed E-state index contributed by atoms with van der Waals surface area (Å²) in [5, 5.41) is 2.77. The van der Waals surface area contributed by atoms with Crippen molar-refractivity contribution in [3.8, 4) is 0 Å². The number of carbonyl (C=O) groups excluding carboxylic acids is 1. The molecule has 0 aliphatic carbocycles. The van der Waals surface area contributed by atoms with E-state index in [1.807, 2.05) is 4.42 Å². The largest absolute Gasteiger partial charge is 0.376 e. The van der Waals surface area contributed by atoms with E-state index in [4.69, 9.17) is 16.5 Å². The van der Waals surface area contributed by atoms with Gasteiger partial charge in [0.15, 0.2) is 0 Å². The maximum Gasteiger partial charge on any atom is 0.246 e. The molecule has 0 spiro atoms. The minimum atomic E-state index is -0.121. The fourth-order valence-electron chi connectivity index (χ4n) is 2.83. The molecule has 1 heterocycles. The topological polar surface area (TPSA) is 41.6 Å². The second-order valence-electron chi connectivity index (χ2n) is 6.84. The van der Waals surface area contributed by atoms with Crippen molar-refractivity contribution in [2.45, 2.75) is 64.6 Å². The van der Waals surface area contributed by atoms with Gasteiger partial charge in [0.05, 0.1) is 12.7 Å². The van der Waals surface area contributed by atoms with Gasteiger partial charge in [-0.05, 0) is 59.2 Å². The zero-order chi connectivity index (χ0) is 15.6. The van der Waals surface area contributed by atoms with Crippen LogP contribution in [0.25, 0.3) is 0 Å². The van der Waals surface area contributed by atoms with Gasteiger partial charge < -0.3 is 10.1 Å². The van der Waals surface area contributed by atoms with Crippen LogP contribution in [0.2, 0.25) is 0 Å². The Balaban J connectivity index is 2.42. The van der Waals surface area contributed by atoms with Crippen molar-refractivity contribution in [2.24, 2.45) is 0 Å². The Kier molecular flexibility index (Phi) is 5.64. The SMILES string of the molecule is C=C(C)C(=O)NCCOC1CC(C)(C)N(Cl)C(C)(C)C1. The molecule has 1 fully saturated rings. The van der Waals surface area contributed by atoms with Crippen molar-refractivity contribution in [2.75, 3.05) is 13.2 Å². The fraction of sp³-hybridized carbons (Fsp3) is 0.800. The smallest absolute Gasteiger partial charge is 0.246 e. The van der Waals surface area contributed by atoms with Gasteiger partial charge in [0.1, 0.15) is 0 Å². The zero-order valence-corrected chi connectivity index (χ0v) is 14.0. The van der Waals surface area contributed by atoms with Crippen LogP contribution in [0.15, 0.2) is 12.2 Å². The Morgan fingerprint density at radius 2 is 1.85 bits per heavy atom. The van der Waals surface area contributed by atoms with Crippen LogP contribution in [-0.4, -0.2) is 40.7 Å². The maximum absolute atomic E-state index is 11.4. The highest BCUT2D eigenvalue weighted by atomic mass is 35.5. The number of amides is 1. The van der Waals surface area contributed by atoms with Gasteiger partial charge in [0, 0.05) is 23.2 Å². The standard InChI is InChI=1S/C15H27ClN2O2/c1-11(2)13(19)17-7-8-20-12-9-14(3,4)18(16)15(5,6)10-12/h12H,1,7-10H2,2-6H3,(H,17,19). The lowest BCUT2D eigenvalue weighted by atomic mass is 9.81. The van der Waals surface area contributed by atoms with Gasteiger partial charge in [-0.2, -0.15) is 0 Å². The molecule has 1 aliphatic heterocycles. The molecule has 0 aromatic carbocycles. The molecule has 1 rings (SSSR count). The van der Waals surface area contributed by atoms with Gasteiger partial charge in [-0.1, -0.05) is 6.58 Å². The monoisotopic (exact) mass is 302 g/mol. The van der Waals surface area contributed by atoms with Crippen LogP contribution in [-0.2, 0) is 9.53 Å². The quantitative estimate of drug-likeness (QED) is 0.482. The molecule has 1 saturated heterocycles. The lowest BCUT2D eigenvalue weighted by Gasteiger charge is -2.51. The normalized spacial score (nSPS) is 22.5. The Morgan fingerprint density at radius 3 is 2.30 bits per heavy atom. The second-order valence-corrected chi connectivity index (χ2v) is 7.18. The summed E-state index contributed by atoms with van der Waals surface area (Å²) in [5.74, 6) is -0.121. The predicted molar refractivity (Wildman–Crippen MR) is 82.6 cm³/mol. The average molecular weight is 303 g/mol. The molecule has 0 radical (unpaired) electrons. The van der Waals surface area contributed by atoms with Gasteiger partial charge in [0.25, 0.3) is 0 Å². The van der Waals surface area contributed by atoms with Crippen LogP contribution < -0.4 is 5.32 Å². The van der Waals surface area contributed by atoms with Gasteiger partial charge in [0.2, 0.25) is 5.91 Å². The van der Waals surface area contributed by atoms with E-state index in [2.05, 4.69) is 39.6 Å². The van der Waals surface area contributed by atoms with E-state index in [0.29, 0.717) is 18.7 Å². The van der Waals surface area contributed by atoms with Crippen LogP contribution in [0, 0.1) is 0 Å². The van der Waals surface area contributed by atoms with E-state index in [-0.39, 0.29) is 23.1 Å². The lowest BCUT2D eigenvalue weighted by molar-refractivity contribution is -0.118. The first-order valence-electron chi connectivity index (χ1n) is 7.08. The molecule has 20 heavy (non-hydrogen) atoms. The molecule has 116 valence electrons. The molecule has 0 atom stereocenters. The fourth-order valence-corrected chi connectivity index (χ4v) is 2.96. The van der Waals surface area contributed by atoms with Gasteiger partial charge in [-0.3, -0.25) is 4.79 Å². The highest BCUT2D eigenvalue weighted by Crippen LogP contribution is 2.40. The molecular formula is C15H27ClN2O2. The van der Waals surface area contributed by atoms with Gasteiger partial charge in [-0.15, -0.1) is 0 Å². The van der Waals surface area contributed by atoms with Gasteiger partial charge >= 0.3 is 0 Å². The average Bonchev–Trinajstić information content (AvgIpc) is 2.30. The van der Waals surface area contributed by atoms with Crippen molar-refractivity contribution >= 4 is 17.7 Å². The summed E-state index contributed by atoms with van der Waals surface area (Å²) in [6, 6.07) is 0. The molecule has 0 bridgehead atoms. The van der Waals surface area contributed by atoms with E-state index in [0.717, 1.165) is 12.8 Å². The number of hydrogen-bond donors (Lipinski definition) is 1. The molecule has 4 nitrogen and oxygen atoms in total. The Hall–Kier alpha value is -0.580. The Labute approximate surface area is 127 Å². The summed E-state index contributed by atoms with van der Waals surface area (Å²) in [6.07, 6.45) is 1.93. The minimum absolute atomic E-state index is 0.102. The summed E-state index contributed by atoms with van der Waals surface area (Å²) in [6.45, 7) is 14.8. The van der Waals surface area contributed by atoms with Crippen LogP contribution >= 0.6 is 11.8 Å². The molecule has 1 aliphatic rings. The summed E-state index contributed by atoms with van der Waals surface area (Å²) >= 11 is 6.41. The molecule has 0 saturated carbocycles. The third-order valence-electron chi connectivity index (χ3n) is 3.65. The maximum atomic E-state index is 11.4. The first-order chi connectivity index (χ1) is 9.06. The van der Waals surface area contributed by atoms with Gasteiger partial charge in [-0.25, -0.2) is 4.42 Å². The minimum Gasteiger partial charge on any atom is -0.376 e. The molecular weight excluding hydrogens is 276 g/mol. The highest BCUT2D eigenvalue weighted by molar-refractivity contribution is 6.14. The molecule has 5 heteroatoms. The van der Waals surface area contributed by atoms with E-state index >= 15 is 0 Å². The first-order valence-corrected chi connectivity index (χ1v) is 7.41. The number of carbonyl (C=O) groups is 1. The Bertz CT molecular complexity index is 362.